The molecule has 104 valence electrons. The molecule has 2 rings (SSSR count). The summed E-state index contributed by atoms with van der Waals surface area (Å²) in [6.45, 7) is -0.122. The zero-order valence-corrected chi connectivity index (χ0v) is 12.6. The number of hydrogen-bond acceptors (Lipinski definition) is 3. The van der Waals surface area contributed by atoms with Gasteiger partial charge in [0.2, 0.25) is 5.91 Å². The van der Waals surface area contributed by atoms with Crippen molar-refractivity contribution in [3.63, 3.8) is 0 Å². The lowest BCUT2D eigenvalue weighted by Gasteiger charge is -2.09. The minimum absolute atomic E-state index is 0.122. The summed E-state index contributed by atoms with van der Waals surface area (Å²) in [5.41, 5.74) is 6.25. The first-order valence-corrected chi connectivity index (χ1v) is 6.83. The van der Waals surface area contributed by atoms with Gasteiger partial charge >= 0.3 is 0 Å². The van der Waals surface area contributed by atoms with E-state index in [1.807, 2.05) is 0 Å². The molecule has 1 amide bonds. The number of halogens is 2. The number of benzene rings is 1. The molecule has 7 heteroatoms. The first-order chi connectivity index (χ1) is 9.45. The van der Waals surface area contributed by atoms with Crippen LogP contribution in [-0.4, -0.2) is 10.5 Å². The Kier molecular flexibility index (Phi) is 4.46. The maximum atomic E-state index is 11.9. The van der Waals surface area contributed by atoms with Crippen molar-refractivity contribution in [3.8, 4) is 0 Å². The molecule has 0 fully saturated rings. The Balaban J connectivity index is 2.15. The lowest BCUT2D eigenvalue weighted by atomic mass is 10.3. The molecule has 0 spiro atoms. The number of rotatable bonds is 3. The molecule has 0 saturated carbocycles. The van der Waals surface area contributed by atoms with E-state index in [-0.39, 0.29) is 18.0 Å². The van der Waals surface area contributed by atoms with Crippen LogP contribution in [0.15, 0.2) is 45.8 Å². The van der Waals surface area contributed by atoms with E-state index in [0.29, 0.717) is 20.9 Å². The molecule has 20 heavy (non-hydrogen) atoms. The van der Waals surface area contributed by atoms with Crippen LogP contribution in [0.3, 0.4) is 0 Å². The van der Waals surface area contributed by atoms with Gasteiger partial charge in [0.25, 0.3) is 5.56 Å². The lowest BCUT2D eigenvalue weighted by Crippen LogP contribution is -2.27. The van der Waals surface area contributed by atoms with Gasteiger partial charge in [-0.05, 0) is 40.2 Å². The van der Waals surface area contributed by atoms with Crippen LogP contribution in [0.5, 0.6) is 0 Å². The van der Waals surface area contributed by atoms with Crippen LogP contribution < -0.4 is 16.6 Å². The van der Waals surface area contributed by atoms with Crippen molar-refractivity contribution in [1.82, 2.24) is 4.57 Å². The Bertz CT molecular complexity index is 715. The lowest BCUT2D eigenvalue weighted by molar-refractivity contribution is -0.116. The fourth-order valence-electron chi connectivity index (χ4n) is 1.61. The standard InChI is InChI=1S/C13H11BrClN3O2/c14-10-3-1-8(15)5-11(10)17-12(19)7-18-6-9(16)2-4-13(18)20/h1-6H,7,16H2,(H,17,19). The van der Waals surface area contributed by atoms with Gasteiger partial charge < -0.3 is 15.6 Å². The number of nitrogens with two attached hydrogens (primary N) is 1. The molecule has 1 aromatic heterocycles. The highest BCUT2D eigenvalue weighted by atomic mass is 79.9. The van der Waals surface area contributed by atoms with Crippen molar-refractivity contribution in [1.29, 1.82) is 0 Å². The Morgan fingerprint density at radius 2 is 2.10 bits per heavy atom. The van der Waals surface area contributed by atoms with Gasteiger partial charge in [-0.1, -0.05) is 11.6 Å². The highest BCUT2D eigenvalue weighted by Crippen LogP contribution is 2.25. The van der Waals surface area contributed by atoms with Crippen molar-refractivity contribution in [2.24, 2.45) is 0 Å². The van der Waals surface area contributed by atoms with E-state index in [1.165, 1.54) is 22.9 Å². The van der Waals surface area contributed by atoms with Gasteiger partial charge in [-0.3, -0.25) is 9.59 Å². The summed E-state index contributed by atoms with van der Waals surface area (Å²) < 4.78 is 1.94. The predicted octanol–water partition coefficient (Wildman–Crippen LogP) is 2.49. The number of nitrogens with zero attached hydrogens (tertiary/aromatic N) is 1. The van der Waals surface area contributed by atoms with Crippen molar-refractivity contribution in [2.45, 2.75) is 6.54 Å². The Morgan fingerprint density at radius 1 is 1.35 bits per heavy atom. The molecule has 1 heterocycles. The first-order valence-electron chi connectivity index (χ1n) is 5.66. The molecule has 0 aliphatic heterocycles. The van der Waals surface area contributed by atoms with Gasteiger partial charge in [-0.25, -0.2) is 0 Å². The first kappa shape index (κ1) is 14.6. The maximum Gasteiger partial charge on any atom is 0.251 e. The zero-order valence-electron chi connectivity index (χ0n) is 10.3. The summed E-state index contributed by atoms with van der Waals surface area (Å²) in [6.07, 6.45) is 1.43. The Morgan fingerprint density at radius 3 is 2.85 bits per heavy atom. The molecule has 0 aliphatic rings. The van der Waals surface area contributed by atoms with Crippen LogP contribution in [0.1, 0.15) is 0 Å². The minimum atomic E-state index is -0.347. The largest absolute Gasteiger partial charge is 0.398 e. The van der Waals surface area contributed by atoms with Crippen LogP contribution in [0.2, 0.25) is 5.02 Å². The van der Waals surface area contributed by atoms with Gasteiger partial charge in [0, 0.05) is 27.4 Å². The molecular formula is C13H11BrClN3O2. The second kappa shape index (κ2) is 6.11. The predicted molar refractivity (Wildman–Crippen MR) is 82.9 cm³/mol. The number of nitrogen functional groups attached to an aromatic ring is 1. The third-order valence-corrected chi connectivity index (χ3v) is 3.45. The number of hydrogen-bond donors (Lipinski definition) is 2. The number of nitrogens with one attached hydrogen (secondary N) is 1. The Labute approximate surface area is 128 Å². The van der Waals surface area contributed by atoms with Crippen molar-refractivity contribution in [3.05, 3.63) is 56.4 Å². The summed E-state index contributed by atoms with van der Waals surface area (Å²) in [6, 6.07) is 7.85. The summed E-state index contributed by atoms with van der Waals surface area (Å²) in [5, 5.41) is 3.18. The van der Waals surface area contributed by atoms with Crippen LogP contribution >= 0.6 is 27.5 Å². The van der Waals surface area contributed by atoms with Gasteiger partial charge in [0.15, 0.2) is 0 Å². The minimum Gasteiger partial charge on any atom is -0.398 e. The number of pyridine rings is 1. The van der Waals surface area contributed by atoms with Gasteiger partial charge in [-0.2, -0.15) is 0 Å². The van der Waals surface area contributed by atoms with E-state index < -0.39 is 0 Å². The van der Waals surface area contributed by atoms with Gasteiger partial charge in [0.1, 0.15) is 6.54 Å². The number of anilines is 2. The molecule has 0 atom stereocenters. The summed E-state index contributed by atoms with van der Waals surface area (Å²) >= 11 is 9.17. The van der Waals surface area contributed by atoms with E-state index in [9.17, 15) is 9.59 Å². The second-order valence-corrected chi connectivity index (χ2v) is 5.39. The van der Waals surface area contributed by atoms with E-state index in [4.69, 9.17) is 17.3 Å². The van der Waals surface area contributed by atoms with E-state index in [2.05, 4.69) is 21.2 Å². The third kappa shape index (κ3) is 3.61. The Hall–Kier alpha value is -1.79. The highest BCUT2D eigenvalue weighted by molar-refractivity contribution is 9.10. The van der Waals surface area contributed by atoms with Crippen molar-refractivity contribution in [2.75, 3.05) is 11.1 Å². The van der Waals surface area contributed by atoms with Crippen LogP contribution in [0.4, 0.5) is 11.4 Å². The average molecular weight is 357 g/mol. The summed E-state index contributed by atoms with van der Waals surface area (Å²) in [5.74, 6) is -0.347. The molecule has 3 N–H and O–H groups in total. The molecule has 0 saturated heterocycles. The summed E-state index contributed by atoms with van der Waals surface area (Å²) in [4.78, 5) is 23.5. The number of carbonyl (C=O) groups excluding carboxylic acids is 1. The molecule has 0 aliphatic carbocycles. The third-order valence-electron chi connectivity index (χ3n) is 2.52. The number of amides is 1. The number of carbonyl (C=O) groups is 1. The summed E-state index contributed by atoms with van der Waals surface area (Å²) in [7, 11) is 0. The van der Waals surface area contributed by atoms with E-state index in [0.717, 1.165) is 0 Å². The molecule has 0 bridgehead atoms. The maximum absolute atomic E-state index is 11.9. The average Bonchev–Trinajstić information content (AvgIpc) is 2.38. The van der Waals surface area contributed by atoms with Gasteiger partial charge in [-0.15, -0.1) is 0 Å². The second-order valence-electron chi connectivity index (χ2n) is 4.10. The van der Waals surface area contributed by atoms with Crippen LogP contribution in [0, 0.1) is 0 Å². The molecule has 5 nitrogen and oxygen atoms in total. The van der Waals surface area contributed by atoms with Crippen molar-refractivity contribution >= 4 is 44.8 Å². The van der Waals surface area contributed by atoms with E-state index in [1.54, 1.807) is 18.2 Å². The van der Waals surface area contributed by atoms with Crippen LogP contribution in [-0.2, 0) is 11.3 Å². The zero-order chi connectivity index (χ0) is 14.7. The monoisotopic (exact) mass is 355 g/mol. The number of aromatic nitrogens is 1. The topological polar surface area (TPSA) is 77.1 Å². The molecule has 1 aromatic carbocycles. The quantitative estimate of drug-likeness (QED) is 0.887. The molecular weight excluding hydrogens is 346 g/mol. The fraction of sp³-hybridized carbons (Fsp3) is 0.0769. The van der Waals surface area contributed by atoms with E-state index >= 15 is 0 Å². The molecule has 0 unspecified atom stereocenters. The SMILES string of the molecule is Nc1ccc(=O)n(CC(=O)Nc2cc(Cl)ccc2Br)c1. The fourth-order valence-corrected chi connectivity index (χ4v) is 2.13. The molecule has 2 aromatic rings. The van der Waals surface area contributed by atoms with Crippen molar-refractivity contribution < 1.29 is 4.79 Å². The molecule has 0 radical (unpaired) electrons. The highest BCUT2D eigenvalue weighted by Gasteiger charge is 2.08. The smallest absolute Gasteiger partial charge is 0.251 e. The van der Waals surface area contributed by atoms with Gasteiger partial charge in [0.05, 0.1) is 5.69 Å². The van der Waals surface area contributed by atoms with Crippen LogP contribution in [0.25, 0.3) is 0 Å². The normalized spacial score (nSPS) is 10.3.